The number of phenolic OH excluding ortho intramolecular Hbond substituents is 1. The van der Waals surface area contributed by atoms with Crippen LogP contribution in [0.15, 0.2) is 47.5 Å². The van der Waals surface area contributed by atoms with E-state index in [4.69, 9.17) is 0 Å². The van der Waals surface area contributed by atoms with Crippen LogP contribution in [-0.4, -0.2) is 18.1 Å². The molecular weight excluding hydrogens is 420 g/mol. The molecule has 3 N–H and O–H groups in total. The van der Waals surface area contributed by atoms with Crippen LogP contribution < -0.4 is 10.6 Å². The van der Waals surface area contributed by atoms with Crippen LogP contribution in [0.1, 0.15) is 23.6 Å². The first kappa shape index (κ1) is 20.2. The summed E-state index contributed by atoms with van der Waals surface area (Å²) in [6.07, 6.45) is 0.983. The predicted molar refractivity (Wildman–Crippen MR) is 106 cm³/mol. The van der Waals surface area contributed by atoms with Crippen LogP contribution in [0.3, 0.4) is 0 Å². The molecular formula is C18H23FIN3O. The monoisotopic (exact) mass is 443 g/mol. The van der Waals surface area contributed by atoms with E-state index in [1.54, 1.807) is 13.1 Å². The van der Waals surface area contributed by atoms with E-state index in [-0.39, 0.29) is 29.7 Å². The van der Waals surface area contributed by atoms with Gasteiger partial charge in [-0.15, -0.1) is 24.0 Å². The second-order valence-electron chi connectivity index (χ2n) is 5.19. The van der Waals surface area contributed by atoms with E-state index in [9.17, 15) is 9.50 Å². The summed E-state index contributed by atoms with van der Waals surface area (Å²) in [5.74, 6) is -0.319. The molecule has 0 fully saturated rings. The van der Waals surface area contributed by atoms with Crippen molar-refractivity contribution in [3.05, 3.63) is 65.0 Å². The van der Waals surface area contributed by atoms with Crippen molar-refractivity contribution in [1.82, 2.24) is 10.6 Å². The number of benzene rings is 2. The highest BCUT2D eigenvalue weighted by Gasteiger charge is 2.04. The molecule has 24 heavy (non-hydrogen) atoms. The molecule has 0 aliphatic heterocycles. The molecule has 2 aromatic carbocycles. The summed E-state index contributed by atoms with van der Waals surface area (Å²) in [6.45, 7) is 3.23. The number of nitrogens with zero attached hydrogens (tertiary/aromatic N) is 1. The van der Waals surface area contributed by atoms with Crippen LogP contribution in [0.5, 0.6) is 5.75 Å². The van der Waals surface area contributed by atoms with Gasteiger partial charge in [-0.2, -0.15) is 0 Å². The Bertz CT molecular complexity index is 692. The Hall–Kier alpha value is -1.83. The van der Waals surface area contributed by atoms with Crippen molar-refractivity contribution >= 4 is 29.9 Å². The lowest BCUT2D eigenvalue weighted by molar-refractivity contribution is 0.431. The maximum absolute atomic E-state index is 13.3. The third kappa shape index (κ3) is 5.67. The van der Waals surface area contributed by atoms with E-state index < -0.39 is 5.82 Å². The van der Waals surface area contributed by atoms with Gasteiger partial charge in [0, 0.05) is 20.1 Å². The highest BCUT2D eigenvalue weighted by molar-refractivity contribution is 14.0. The zero-order valence-corrected chi connectivity index (χ0v) is 16.2. The Labute approximate surface area is 159 Å². The molecule has 2 aromatic rings. The molecule has 0 radical (unpaired) electrons. The lowest BCUT2D eigenvalue weighted by Gasteiger charge is -2.14. The molecule has 0 spiro atoms. The Morgan fingerprint density at radius 2 is 1.75 bits per heavy atom. The molecule has 0 saturated carbocycles. The smallest absolute Gasteiger partial charge is 0.191 e. The minimum atomic E-state index is -0.621. The number of hydrogen-bond donors (Lipinski definition) is 3. The summed E-state index contributed by atoms with van der Waals surface area (Å²) in [4.78, 5) is 4.16. The molecule has 0 amide bonds. The summed E-state index contributed by atoms with van der Waals surface area (Å²) in [5, 5.41) is 15.6. The van der Waals surface area contributed by atoms with Gasteiger partial charge in [0.1, 0.15) is 0 Å². The van der Waals surface area contributed by atoms with Crippen LogP contribution in [0.2, 0.25) is 0 Å². The van der Waals surface area contributed by atoms with Gasteiger partial charge in [-0.05, 0) is 35.2 Å². The zero-order chi connectivity index (χ0) is 16.7. The first-order chi connectivity index (χ1) is 11.1. The number of aromatic hydroxyl groups is 1. The van der Waals surface area contributed by atoms with Crippen LogP contribution in [0.25, 0.3) is 0 Å². The standard InChI is InChI=1S/C18H22FN3O.HI/c1-3-14-6-4-5-7-15(14)12-22-18(20-2)21-11-13-8-9-17(23)16(19)10-13;/h4-10,23H,3,11-12H2,1-2H3,(H2,20,21,22);1H. The normalized spacial score (nSPS) is 10.9. The highest BCUT2D eigenvalue weighted by atomic mass is 127. The summed E-state index contributed by atoms with van der Waals surface area (Å²) in [6, 6.07) is 12.6. The lowest BCUT2D eigenvalue weighted by atomic mass is 10.1. The fraction of sp³-hybridized carbons (Fsp3) is 0.278. The maximum Gasteiger partial charge on any atom is 0.191 e. The molecule has 130 valence electrons. The van der Waals surface area contributed by atoms with E-state index in [0.29, 0.717) is 19.0 Å². The quantitative estimate of drug-likeness (QED) is 0.376. The number of aliphatic imine (C=N–C) groups is 1. The number of aryl methyl sites for hydroxylation is 1. The fourth-order valence-electron chi connectivity index (χ4n) is 2.32. The van der Waals surface area contributed by atoms with Crippen LogP contribution in [-0.2, 0) is 19.5 Å². The maximum atomic E-state index is 13.3. The van der Waals surface area contributed by atoms with Crippen molar-refractivity contribution in [2.24, 2.45) is 4.99 Å². The van der Waals surface area contributed by atoms with Gasteiger partial charge in [0.2, 0.25) is 0 Å². The van der Waals surface area contributed by atoms with Gasteiger partial charge >= 0.3 is 0 Å². The van der Waals surface area contributed by atoms with Crippen molar-refractivity contribution in [3.63, 3.8) is 0 Å². The molecule has 0 aromatic heterocycles. The van der Waals surface area contributed by atoms with E-state index in [2.05, 4.69) is 34.7 Å². The lowest BCUT2D eigenvalue weighted by Crippen LogP contribution is -2.36. The summed E-state index contributed by atoms with van der Waals surface area (Å²) in [7, 11) is 1.69. The van der Waals surface area contributed by atoms with E-state index in [0.717, 1.165) is 12.0 Å². The summed E-state index contributed by atoms with van der Waals surface area (Å²) in [5.41, 5.74) is 3.27. The van der Waals surface area contributed by atoms with E-state index in [1.807, 2.05) is 12.1 Å². The molecule has 0 unspecified atom stereocenters. The van der Waals surface area contributed by atoms with Gasteiger partial charge in [0.25, 0.3) is 0 Å². The summed E-state index contributed by atoms with van der Waals surface area (Å²) >= 11 is 0. The predicted octanol–water partition coefficient (Wildman–Crippen LogP) is 3.58. The number of nitrogens with one attached hydrogen (secondary N) is 2. The van der Waals surface area contributed by atoms with E-state index >= 15 is 0 Å². The molecule has 0 aliphatic carbocycles. The van der Waals surface area contributed by atoms with Gasteiger partial charge in [0.05, 0.1) is 0 Å². The molecule has 2 rings (SSSR count). The molecule has 0 aliphatic rings. The summed E-state index contributed by atoms with van der Waals surface area (Å²) < 4.78 is 13.3. The van der Waals surface area contributed by atoms with Crippen molar-refractivity contribution in [2.75, 3.05) is 7.05 Å². The van der Waals surface area contributed by atoms with Gasteiger partial charge in [-0.3, -0.25) is 4.99 Å². The Morgan fingerprint density at radius 3 is 2.38 bits per heavy atom. The van der Waals surface area contributed by atoms with E-state index in [1.165, 1.54) is 23.3 Å². The molecule has 0 bridgehead atoms. The first-order valence-corrected chi connectivity index (χ1v) is 7.62. The number of halogens is 2. The number of phenols is 1. The minimum Gasteiger partial charge on any atom is -0.505 e. The van der Waals surface area contributed by atoms with Crippen molar-refractivity contribution in [3.8, 4) is 5.75 Å². The second kappa shape index (κ2) is 10.1. The van der Waals surface area contributed by atoms with Gasteiger partial charge in [-0.25, -0.2) is 4.39 Å². The molecule has 0 heterocycles. The van der Waals surface area contributed by atoms with Crippen LogP contribution in [0, 0.1) is 5.82 Å². The average Bonchev–Trinajstić information content (AvgIpc) is 2.58. The Balaban J connectivity index is 0.00000288. The van der Waals surface area contributed by atoms with Crippen molar-refractivity contribution < 1.29 is 9.50 Å². The topological polar surface area (TPSA) is 56.7 Å². The average molecular weight is 443 g/mol. The Morgan fingerprint density at radius 1 is 1.08 bits per heavy atom. The molecule has 6 heteroatoms. The Kier molecular flexibility index (Phi) is 8.53. The number of rotatable bonds is 5. The second-order valence-corrected chi connectivity index (χ2v) is 5.19. The van der Waals surface area contributed by atoms with Crippen molar-refractivity contribution in [2.45, 2.75) is 26.4 Å². The molecule has 0 saturated heterocycles. The molecule has 0 atom stereocenters. The van der Waals surface area contributed by atoms with Gasteiger partial charge in [-0.1, -0.05) is 37.3 Å². The third-order valence-corrected chi connectivity index (χ3v) is 3.64. The largest absolute Gasteiger partial charge is 0.505 e. The van der Waals surface area contributed by atoms with Crippen molar-refractivity contribution in [1.29, 1.82) is 0 Å². The fourth-order valence-corrected chi connectivity index (χ4v) is 2.32. The number of hydrogen-bond acceptors (Lipinski definition) is 2. The third-order valence-electron chi connectivity index (χ3n) is 3.64. The van der Waals surface area contributed by atoms with Crippen LogP contribution >= 0.6 is 24.0 Å². The van der Waals surface area contributed by atoms with Crippen LogP contribution in [0.4, 0.5) is 4.39 Å². The highest BCUT2D eigenvalue weighted by Crippen LogP contribution is 2.15. The van der Waals surface area contributed by atoms with Gasteiger partial charge in [0.15, 0.2) is 17.5 Å². The minimum absolute atomic E-state index is 0. The number of guanidine groups is 1. The SMILES string of the molecule is CCc1ccccc1CNC(=NC)NCc1ccc(O)c(F)c1.I. The molecule has 4 nitrogen and oxygen atoms in total. The zero-order valence-electron chi connectivity index (χ0n) is 13.8. The first-order valence-electron chi connectivity index (χ1n) is 7.62. The van der Waals surface area contributed by atoms with Gasteiger partial charge < -0.3 is 15.7 Å².